The Labute approximate surface area is 85.7 Å². The molecule has 1 aliphatic heterocycles. The largest absolute Gasteiger partial charge is 0.394 e. The van der Waals surface area contributed by atoms with Crippen LogP contribution in [0.15, 0.2) is 12.5 Å². The van der Waals surface area contributed by atoms with Crippen molar-refractivity contribution in [1.82, 2.24) is 4.98 Å². The molecule has 0 saturated carbocycles. The predicted octanol–water partition coefficient (Wildman–Crippen LogP) is -2.50. The Balaban J connectivity index is 2.22. The van der Waals surface area contributed by atoms with Crippen molar-refractivity contribution in [3.05, 3.63) is 12.5 Å². The van der Waals surface area contributed by atoms with E-state index in [0.29, 0.717) is 5.82 Å². The van der Waals surface area contributed by atoms with Crippen LogP contribution in [0.3, 0.4) is 0 Å². The van der Waals surface area contributed by atoms with Crippen LogP contribution in [-0.4, -0.2) is 45.2 Å². The lowest BCUT2D eigenvalue weighted by atomic mass is 10.1. The zero-order valence-corrected chi connectivity index (χ0v) is 7.95. The van der Waals surface area contributed by atoms with Gasteiger partial charge >= 0.3 is 0 Å². The summed E-state index contributed by atoms with van der Waals surface area (Å²) in [4.78, 5) is 2.75. The van der Waals surface area contributed by atoms with Gasteiger partial charge in [-0.1, -0.05) is 0 Å². The second-order valence-electron chi connectivity index (χ2n) is 3.50. The molecule has 6 N–H and O–H groups in total. The number of ether oxygens (including phenoxy) is 1. The van der Waals surface area contributed by atoms with Crippen molar-refractivity contribution in [3.8, 4) is 0 Å². The van der Waals surface area contributed by atoms with Crippen LogP contribution in [0.5, 0.6) is 0 Å². The Morgan fingerprint density at radius 3 is 2.67 bits per heavy atom. The minimum atomic E-state index is -1.11. The lowest BCUT2D eigenvalue weighted by Gasteiger charge is -2.12. The van der Waals surface area contributed by atoms with E-state index in [9.17, 15) is 10.2 Å². The van der Waals surface area contributed by atoms with E-state index >= 15 is 0 Å². The lowest BCUT2D eigenvalue weighted by Crippen LogP contribution is -2.46. The third-order valence-electron chi connectivity index (χ3n) is 2.53. The number of aliphatic hydroxyl groups excluding tert-OH is 3. The van der Waals surface area contributed by atoms with Crippen LogP contribution in [0.25, 0.3) is 0 Å². The highest BCUT2D eigenvalue weighted by Crippen LogP contribution is 2.25. The molecular formula is C8H14N3O4+. The highest BCUT2D eigenvalue weighted by molar-refractivity contribution is 5.14. The topological polar surface area (TPSA) is 116 Å². The Hall–Kier alpha value is -1.15. The monoisotopic (exact) mass is 216 g/mol. The summed E-state index contributed by atoms with van der Waals surface area (Å²) in [6, 6.07) is 0. The van der Waals surface area contributed by atoms with E-state index in [1.165, 1.54) is 17.1 Å². The summed E-state index contributed by atoms with van der Waals surface area (Å²) in [5, 5.41) is 28.1. The first-order chi connectivity index (χ1) is 7.15. The van der Waals surface area contributed by atoms with Crippen LogP contribution >= 0.6 is 0 Å². The number of nitrogens with zero attached hydrogens (tertiary/aromatic N) is 1. The normalized spacial score (nSPS) is 35.9. The van der Waals surface area contributed by atoms with Gasteiger partial charge in [0.05, 0.1) is 6.61 Å². The third-order valence-corrected chi connectivity index (χ3v) is 2.53. The number of rotatable bonds is 2. The van der Waals surface area contributed by atoms with Crippen molar-refractivity contribution < 1.29 is 24.6 Å². The van der Waals surface area contributed by atoms with Crippen molar-refractivity contribution in [2.45, 2.75) is 24.5 Å². The molecule has 1 aromatic heterocycles. The molecular weight excluding hydrogens is 202 g/mol. The van der Waals surface area contributed by atoms with Crippen LogP contribution < -0.4 is 10.3 Å². The van der Waals surface area contributed by atoms with Gasteiger partial charge in [0.25, 0.3) is 5.82 Å². The van der Waals surface area contributed by atoms with Crippen LogP contribution in [0.2, 0.25) is 0 Å². The summed E-state index contributed by atoms with van der Waals surface area (Å²) in [5.74, 6) is 0.379. The van der Waals surface area contributed by atoms with E-state index < -0.39 is 24.5 Å². The van der Waals surface area contributed by atoms with Gasteiger partial charge in [0.15, 0.2) is 6.33 Å². The molecule has 1 fully saturated rings. The maximum Gasteiger partial charge on any atom is 0.253 e. The number of imidazole rings is 1. The molecule has 0 aliphatic carbocycles. The summed E-state index contributed by atoms with van der Waals surface area (Å²) >= 11 is 0. The Morgan fingerprint density at radius 2 is 2.20 bits per heavy atom. The first-order valence-electron chi connectivity index (χ1n) is 4.61. The van der Waals surface area contributed by atoms with Crippen LogP contribution in [0, 0.1) is 0 Å². The molecule has 2 heterocycles. The van der Waals surface area contributed by atoms with Crippen LogP contribution in [0.4, 0.5) is 5.82 Å². The first kappa shape index (κ1) is 10.4. The summed E-state index contributed by atoms with van der Waals surface area (Å²) in [6.45, 7) is -0.348. The summed E-state index contributed by atoms with van der Waals surface area (Å²) in [7, 11) is 0. The smallest absolute Gasteiger partial charge is 0.253 e. The van der Waals surface area contributed by atoms with Gasteiger partial charge in [0, 0.05) is 0 Å². The molecule has 1 aromatic rings. The Bertz CT molecular complexity index is 342. The van der Waals surface area contributed by atoms with Crippen molar-refractivity contribution in [3.63, 3.8) is 0 Å². The number of H-pyrrole nitrogens is 1. The summed E-state index contributed by atoms with van der Waals surface area (Å²) in [5.41, 5.74) is 5.61. The van der Waals surface area contributed by atoms with Crippen molar-refractivity contribution >= 4 is 5.82 Å². The fourth-order valence-electron chi connectivity index (χ4n) is 1.68. The fraction of sp³-hybridized carbons (Fsp3) is 0.625. The molecule has 84 valence electrons. The molecule has 7 heteroatoms. The maximum absolute atomic E-state index is 9.68. The standard InChI is InChI=1S/C8H13N3O4/c9-5-1-10-3-11(5)8-7(14)6(13)4(2-12)15-8/h1,3-4,6-8,12-14H,2,9H2/p+1/t4-,6-,7-,8-/m1/s1. The van der Waals surface area contributed by atoms with Gasteiger partial charge in [-0.15, -0.1) is 0 Å². The molecule has 15 heavy (non-hydrogen) atoms. The number of nitrogens with two attached hydrogens (primary N) is 1. The molecule has 0 aromatic carbocycles. The number of aliphatic hydroxyl groups is 3. The zero-order chi connectivity index (χ0) is 11.0. The SMILES string of the molecule is Nc1c[nH]c[n+]1[C@@H]1O[C@H](CO)[C@@H](O)[C@H]1O. The molecule has 0 unspecified atom stereocenters. The summed E-state index contributed by atoms with van der Waals surface area (Å²) in [6.07, 6.45) is -0.716. The number of hydrogen-bond acceptors (Lipinski definition) is 5. The molecule has 7 nitrogen and oxygen atoms in total. The molecule has 0 bridgehead atoms. The highest BCUT2D eigenvalue weighted by Gasteiger charge is 2.45. The number of hydrogen-bond donors (Lipinski definition) is 5. The molecule has 1 saturated heterocycles. The maximum atomic E-state index is 9.68. The minimum Gasteiger partial charge on any atom is -0.394 e. The number of nitrogen functional groups attached to an aromatic ring is 1. The number of aromatic nitrogens is 2. The van der Waals surface area contributed by atoms with Crippen molar-refractivity contribution in [2.75, 3.05) is 12.3 Å². The lowest BCUT2D eigenvalue weighted by molar-refractivity contribution is -0.752. The highest BCUT2D eigenvalue weighted by atomic mass is 16.6. The van der Waals surface area contributed by atoms with Gasteiger partial charge in [-0.3, -0.25) is 4.98 Å². The van der Waals surface area contributed by atoms with E-state index in [1.807, 2.05) is 0 Å². The fourth-order valence-corrected chi connectivity index (χ4v) is 1.68. The number of anilines is 1. The van der Waals surface area contributed by atoms with Crippen LogP contribution in [-0.2, 0) is 4.74 Å². The quantitative estimate of drug-likeness (QED) is 0.350. The van der Waals surface area contributed by atoms with Crippen molar-refractivity contribution in [2.24, 2.45) is 0 Å². The number of aromatic amines is 1. The molecule has 0 radical (unpaired) electrons. The van der Waals surface area contributed by atoms with Gasteiger partial charge in [-0.05, 0) is 0 Å². The first-order valence-corrected chi connectivity index (χ1v) is 4.61. The van der Waals surface area contributed by atoms with Crippen LogP contribution in [0.1, 0.15) is 6.23 Å². The Morgan fingerprint density at radius 1 is 1.47 bits per heavy atom. The molecule has 0 amide bonds. The van der Waals surface area contributed by atoms with E-state index in [2.05, 4.69) is 4.98 Å². The van der Waals surface area contributed by atoms with E-state index in [1.54, 1.807) is 0 Å². The minimum absolute atomic E-state index is 0.348. The Kier molecular flexibility index (Phi) is 2.61. The van der Waals surface area contributed by atoms with Gasteiger partial charge in [-0.25, -0.2) is 4.57 Å². The van der Waals surface area contributed by atoms with E-state index in [-0.39, 0.29) is 6.61 Å². The summed E-state index contributed by atoms with van der Waals surface area (Å²) < 4.78 is 6.74. The average Bonchev–Trinajstić information content (AvgIpc) is 2.74. The number of nitrogens with one attached hydrogen (secondary N) is 1. The van der Waals surface area contributed by atoms with Gasteiger partial charge in [0.2, 0.25) is 6.23 Å². The molecule has 2 rings (SSSR count). The second kappa shape index (κ2) is 3.78. The van der Waals surface area contributed by atoms with E-state index in [0.717, 1.165) is 0 Å². The van der Waals surface area contributed by atoms with Gasteiger partial charge in [-0.2, -0.15) is 0 Å². The zero-order valence-electron chi connectivity index (χ0n) is 7.95. The van der Waals surface area contributed by atoms with Crippen molar-refractivity contribution in [1.29, 1.82) is 0 Å². The predicted molar refractivity (Wildman–Crippen MR) is 48.4 cm³/mol. The second-order valence-corrected chi connectivity index (χ2v) is 3.50. The third kappa shape index (κ3) is 1.59. The molecule has 1 aliphatic rings. The average molecular weight is 216 g/mol. The van der Waals surface area contributed by atoms with Gasteiger partial charge < -0.3 is 25.8 Å². The van der Waals surface area contributed by atoms with E-state index in [4.69, 9.17) is 15.6 Å². The molecule has 0 spiro atoms. The molecule has 4 atom stereocenters. The van der Waals surface area contributed by atoms with Gasteiger partial charge in [0.1, 0.15) is 24.5 Å².